The fraction of sp³-hybridized carbons (Fsp3) is 0.273. The fourth-order valence-electron chi connectivity index (χ4n) is 1.53. The van der Waals surface area contributed by atoms with Gasteiger partial charge in [0.1, 0.15) is 11.6 Å². The standard InChI is InChI=1S/C11H14N4O/c1-7-13-14-11(15(7)2)8-4-5-10(16-3)9(12)6-8/h4-6H,12H2,1-3H3. The summed E-state index contributed by atoms with van der Waals surface area (Å²) in [5.41, 5.74) is 7.37. The highest BCUT2D eigenvalue weighted by Gasteiger charge is 2.09. The summed E-state index contributed by atoms with van der Waals surface area (Å²) in [6, 6.07) is 5.58. The molecule has 5 heteroatoms. The van der Waals surface area contributed by atoms with Crippen molar-refractivity contribution < 1.29 is 4.74 Å². The summed E-state index contributed by atoms with van der Waals surface area (Å²) in [7, 11) is 3.52. The molecule has 2 aromatic rings. The first-order valence-electron chi connectivity index (χ1n) is 4.93. The van der Waals surface area contributed by atoms with Gasteiger partial charge in [-0.05, 0) is 25.1 Å². The van der Waals surface area contributed by atoms with Crippen LogP contribution < -0.4 is 10.5 Å². The lowest BCUT2D eigenvalue weighted by Gasteiger charge is -2.06. The molecule has 1 heterocycles. The average molecular weight is 218 g/mol. The van der Waals surface area contributed by atoms with Crippen molar-refractivity contribution in [1.82, 2.24) is 14.8 Å². The minimum Gasteiger partial charge on any atom is -0.495 e. The number of rotatable bonds is 2. The third-order valence-corrected chi connectivity index (χ3v) is 2.58. The maximum absolute atomic E-state index is 5.84. The summed E-state index contributed by atoms with van der Waals surface area (Å²) in [6.45, 7) is 1.91. The molecule has 0 amide bonds. The van der Waals surface area contributed by atoms with Crippen LogP contribution in [0.4, 0.5) is 5.69 Å². The van der Waals surface area contributed by atoms with Crippen LogP contribution in [0.2, 0.25) is 0 Å². The van der Waals surface area contributed by atoms with Gasteiger partial charge >= 0.3 is 0 Å². The molecule has 0 aliphatic rings. The molecule has 0 saturated carbocycles. The highest BCUT2D eigenvalue weighted by molar-refractivity contribution is 5.66. The highest BCUT2D eigenvalue weighted by atomic mass is 16.5. The predicted molar refractivity (Wildman–Crippen MR) is 62.1 cm³/mol. The molecule has 2 N–H and O–H groups in total. The average Bonchev–Trinajstić information content (AvgIpc) is 2.60. The summed E-state index contributed by atoms with van der Waals surface area (Å²) >= 11 is 0. The van der Waals surface area contributed by atoms with Crippen LogP contribution >= 0.6 is 0 Å². The maximum atomic E-state index is 5.84. The Hall–Kier alpha value is -2.04. The Labute approximate surface area is 93.9 Å². The molecule has 0 bridgehead atoms. The van der Waals surface area contributed by atoms with Gasteiger partial charge < -0.3 is 15.0 Å². The molecular weight excluding hydrogens is 204 g/mol. The van der Waals surface area contributed by atoms with Crippen LogP contribution in [0.25, 0.3) is 11.4 Å². The van der Waals surface area contributed by atoms with E-state index in [1.54, 1.807) is 7.11 Å². The number of anilines is 1. The third kappa shape index (κ3) is 1.60. The molecule has 0 spiro atoms. The number of nitrogens with zero attached hydrogens (tertiary/aromatic N) is 3. The van der Waals surface area contributed by atoms with Crippen molar-refractivity contribution in [3.8, 4) is 17.1 Å². The van der Waals surface area contributed by atoms with E-state index in [2.05, 4.69) is 10.2 Å². The van der Waals surface area contributed by atoms with E-state index in [9.17, 15) is 0 Å². The summed E-state index contributed by atoms with van der Waals surface area (Å²) in [5.74, 6) is 2.33. The van der Waals surface area contributed by atoms with E-state index in [0.29, 0.717) is 11.4 Å². The zero-order chi connectivity index (χ0) is 11.7. The molecule has 0 unspecified atom stereocenters. The van der Waals surface area contributed by atoms with E-state index in [1.807, 2.05) is 36.7 Å². The molecule has 0 aliphatic heterocycles. The molecule has 1 aromatic heterocycles. The van der Waals surface area contributed by atoms with E-state index in [0.717, 1.165) is 17.2 Å². The van der Waals surface area contributed by atoms with E-state index < -0.39 is 0 Å². The predicted octanol–water partition coefficient (Wildman–Crippen LogP) is 1.38. The molecule has 0 aliphatic carbocycles. The zero-order valence-electron chi connectivity index (χ0n) is 9.56. The molecule has 0 saturated heterocycles. The minimum atomic E-state index is 0.598. The number of nitrogens with two attached hydrogens (primary N) is 1. The number of hydrogen-bond donors (Lipinski definition) is 1. The van der Waals surface area contributed by atoms with Crippen LogP contribution in [-0.2, 0) is 7.05 Å². The van der Waals surface area contributed by atoms with Gasteiger partial charge in [0.25, 0.3) is 0 Å². The summed E-state index contributed by atoms with van der Waals surface area (Å²) in [5, 5.41) is 8.10. The number of methoxy groups -OCH3 is 1. The van der Waals surface area contributed by atoms with E-state index >= 15 is 0 Å². The van der Waals surface area contributed by atoms with Crippen LogP contribution in [-0.4, -0.2) is 21.9 Å². The smallest absolute Gasteiger partial charge is 0.163 e. The van der Waals surface area contributed by atoms with Gasteiger partial charge in [0.15, 0.2) is 5.82 Å². The number of ether oxygens (including phenoxy) is 1. The molecular formula is C11H14N4O. The van der Waals surface area contributed by atoms with Crippen LogP contribution in [0, 0.1) is 6.92 Å². The van der Waals surface area contributed by atoms with Gasteiger partial charge in [-0.3, -0.25) is 0 Å². The molecule has 0 fully saturated rings. The summed E-state index contributed by atoms with van der Waals surface area (Å²) in [4.78, 5) is 0. The van der Waals surface area contributed by atoms with E-state index in [4.69, 9.17) is 10.5 Å². The van der Waals surface area contributed by atoms with Gasteiger partial charge in [0, 0.05) is 12.6 Å². The monoisotopic (exact) mass is 218 g/mol. The van der Waals surface area contributed by atoms with Crippen molar-refractivity contribution in [3.63, 3.8) is 0 Å². The number of hydrogen-bond acceptors (Lipinski definition) is 4. The van der Waals surface area contributed by atoms with Gasteiger partial charge in [-0.15, -0.1) is 10.2 Å². The van der Waals surface area contributed by atoms with Crippen molar-refractivity contribution in [2.24, 2.45) is 7.05 Å². The van der Waals surface area contributed by atoms with Gasteiger partial charge in [-0.25, -0.2) is 0 Å². The highest BCUT2D eigenvalue weighted by Crippen LogP contribution is 2.27. The molecule has 84 valence electrons. The second-order valence-electron chi connectivity index (χ2n) is 3.59. The quantitative estimate of drug-likeness (QED) is 0.773. The Morgan fingerprint density at radius 3 is 2.56 bits per heavy atom. The first kappa shape index (κ1) is 10.5. The molecule has 0 atom stereocenters. The van der Waals surface area contributed by atoms with Crippen molar-refractivity contribution in [3.05, 3.63) is 24.0 Å². The third-order valence-electron chi connectivity index (χ3n) is 2.58. The number of aryl methyl sites for hydroxylation is 1. The number of nitrogen functional groups attached to an aromatic ring is 1. The molecule has 16 heavy (non-hydrogen) atoms. The van der Waals surface area contributed by atoms with Gasteiger partial charge in [0.05, 0.1) is 12.8 Å². The zero-order valence-corrected chi connectivity index (χ0v) is 9.56. The normalized spacial score (nSPS) is 10.4. The van der Waals surface area contributed by atoms with Crippen LogP contribution in [0.15, 0.2) is 18.2 Å². The molecule has 0 radical (unpaired) electrons. The van der Waals surface area contributed by atoms with Crippen molar-refractivity contribution >= 4 is 5.69 Å². The van der Waals surface area contributed by atoms with Crippen molar-refractivity contribution in [1.29, 1.82) is 0 Å². The topological polar surface area (TPSA) is 66.0 Å². The lowest BCUT2D eigenvalue weighted by atomic mass is 10.2. The second-order valence-corrected chi connectivity index (χ2v) is 3.59. The molecule has 1 aromatic carbocycles. The molecule has 5 nitrogen and oxygen atoms in total. The van der Waals surface area contributed by atoms with Crippen molar-refractivity contribution in [2.75, 3.05) is 12.8 Å². The minimum absolute atomic E-state index is 0.598. The lowest BCUT2D eigenvalue weighted by molar-refractivity contribution is 0.417. The first-order valence-corrected chi connectivity index (χ1v) is 4.93. The van der Waals surface area contributed by atoms with Gasteiger partial charge in [-0.2, -0.15) is 0 Å². The summed E-state index contributed by atoms with van der Waals surface area (Å²) in [6.07, 6.45) is 0. The van der Waals surface area contributed by atoms with Crippen molar-refractivity contribution in [2.45, 2.75) is 6.92 Å². The Morgan fingerprint density at radius 2 is 2.06 bits per heavy atom. The molecule has 2 rings (SSSR count). The Kier molecular flexibility index (Phi) is 2.52. The van der Waals surface area contributed by atoms with Gasteiger partial charge in [0.2, 0.25) is 0 Å². The van der Waals surface area contributed by atoms with Crippen LogP contribution in [0.3, 0.4) is 0 Å². The SMILES string of the molecule is COc1ccc(-c2nnc(C)n2C)cc1N. The number of aromatic nitrogens is 3. The van der Waals surface area contributed by atoms with Crippen LogP contribution in [0.5, 0.6) is 5.75 Å². The van der Waals surface area contributed by atoms with E-state index in [-0.39, 0.29) is 0 Å². The summed E-state index contributed by atoms with van der Waals surface area (Å²) < 4.78 is 7.02. The number of benzene rings is 1. The Morgan fingerprint density at radius 1 is 1.31 bits per heavy atom. The Balaban J connectivity index is 2.49. The van der Waals surface area contributed by atoms with Crippen LogP contribution in [0.1, 0.15) is 5.82 Å². The first-order chi connectivity index (χ1) is 7.63. The lowest BCUT2D eigenvalue weighted by Crippen LogP contribution is -1.97. The fourth-order valence-corrected chi connectivity index (χ4v) is 1.53. The van der Waals surface area contributed by atoms with Gasteiger partial charge in [-0.1, -0.05) is 0 Å². The maximum Gasteiger partial charge on any atom is 0.163 e. The largest absolute Gasteiger partial charge is 0.495 e. The second kappa shape index (κ2) is 3.84. The Bertz CT molecular complexity index is 519. The van der Waals surface area contributed by atoms with E-state index in [1.165, 1.54) is 0 Å².